The van der Waals surface area contributed by atoms with Gasteiger partial charge in [-0.1, -0.05) is 35.9 Å². The van der Waals surface area contributed by atoms with Gasteiger partial charge in [0.1, 0.15) is 5.15 Å². The molecular weight excluding hydrogens is 276 g/mol. The minimum absolute atomic E-state index is 0.142. The van der Waals surface area contributed by atoms with Crippen LogP contribution in [0.1, 0.15) is 27.6 Å². The van der Waals surface area contributed by atoms with E-state index in [1.165, 1.54) is 12.3 Å². The SMILES string of the molecule is Cc1ccccc1C(O)CNC(=O)c1ccnc(Cl)c1. The number of aliphatic hydroxyl groups excluding tert-OH is 1. The molecule has 0 spiro atoms. The number of aliphatic hydroxyl groups is 1. The Morgan fingerprint density at radius 2 is 2.15 bits per heavy atom. The second kappa shape index (κ2) is 6.50. The van der Waals surface area contributed by atoms with Crippen LogP contribution < -0.4 is 5.32 Å². The standard InChI is InChI=1S/C15H15ClN2O2/c1-10-4-2-3-5-12(10)13(19)9-18-15(20)11-6-7-17-14(16)8-11/h2-8,13,19H,9H2,1H3,(H,18,20). The fraction of sp³-hybridized carbons (Fsp3) is 0.200. The van der Waals surface area contributed by atoms with Crippen molar-refractivity contribution < 1.29 is 9.90 Å². The summed E-state index contributed by atoms with van der Waals surface area (Å²) in [5, 5.41) is 13.0. The number of hydrogen-bond donors (Lipinski definition) is 2. The Balaban J connectivity index is 1.99. The first-order valence-electron chi connectivity index (χ1n) is 6.21. The smallest absolute Gasteiger partial charge is 0.251 e. The number of nitrogens with one attached hydrogen (secondary N) is 1. The number of aryl methyl sites for hydroxylation is 1. The van der Waals surface area contributed by atoms with Crippen molar-refractivity contribution in [1.29, 1.82) is 0 Å². The van der Waals surface area contributed by atoms with Gasteiger partial charge in [-0.15, -0.1) is 0 Å². The van der Waals surface area contributed by atoms with Gasteiger partial charge in [-0.3, -0.25) is 4.79 Å². The molecule has 104 valence electrons. The van der Waals surface area contributed by atoms with Crippen LogP contribution in [0.4, 0.5) is 0 Å². The molecule has 0 bridgehead atoms. The third-order valence-electron chi connectivity index (χ3n) is 2.99. The first-order valence-corrected chi connectivity index (χ1v) is 6.59. The predicted octanol–water partition coefficient (Wildman–Crippen LogP) is 2.51. The molecule has 0 saturated heterocycles. The van der Waals surface area contributed by atoms with Crippen molar-refractivity contribution in [1.82, 2.24) is 10.3 Å². The number of rotatable bonds is 4. The number of carbonyl (C=O) groups is 1. The van der Waals surface area contributed by atoms with Crippen LogP contribution in [0.15, 0.2) is 42.6 Å². The van der Waals surface area contributed by atoms with E-state index >= 15 is 0 Å². The summed E-state index contributed by atoms with van der Waals surface area (Å²) in [4.78, 5) is 15.7. The minimum Gasteiger partial charge on any atom is -0.387 e. The van der Waals surface area contributed by atoms with Crippen LogP contribution in [0.3, 0.4) is 0 Å². The first kappa shape index (κ1) is 14.5. The Morgan fingerprint density at radius 3 is 2.85 bits per heavy atom. The number of hydrogen-bond acceptors (Lipinski definition) is 3. The summed E-state index contributed by atoms with van der Waals surface area (Å²) < 4.78 is 0. The molecule has 0 radical (unpaired) electrons. The van der Waals surface area contributed by atoms with E-state index in [1.807, 2.05) is 31.2 Å². The summed E-state index contributed by atoms with van der Waals surface area (Å²) in [5.41, 5.74) is 2.21. The van der Waals surface area contributed by atoms with Crippen molar-refractivity contribution in [3.05, 3.63) is 64.4 Å². The Hall–Kier alpha value is -1.91. The van der Waals surface area contributed by atoms with Crippen LogP contribution in [0.5, 0.6) is 0 Å². The van der Waals surface area contributed by atoms with Crippen LogP contribution in [0, 0.1) is 6.92 Å². The molecule has 20 heavy (non-hydrogen) atoms. The number of pyridine rings is 1. The summed E-state index contributed by atoms with van der Waals surface area (Å²) in [7, 11) is 0. The summed E-state index contributed by atoms with van der Waals surface area (Å²) >= 11 is 5.73. The number of carbonyl (C=O) groups excluding carboxylic acids is 1. The molecule has 0 aliphatic carbocycles. The zero-order valence-electron chi connectivity index (χ0n) is 11.0. The highest BCUT2D eigenvalue weighted by molar-refractivity contribution is 6.29. The number of halogens is 1. The van der Waals surface area contributed by atoms with Gasteiger partial charge in [-0.25, -0.2) is 4.98 Å². The van der Waals surface area contributed by atoms with E-state index in [0.717, 1.165) is 11.1 Å². The van der Waals surface area contributed by atoms with Crippen molar-refractivity contribution in [2.45, 2.75) is 13.0 Å². The lowest BCUT2D eigenvalue weighted by Crippen LogP contribution is -2.28. The monoisotopic (exact) mass is 290 g/mol. The maximum Gasteiger partial charge on any atom is 0.251 e. The van der Waals surface area contributed by atoms with Gasteiger partial charge >= 0.3 is 0 Å². The molecule has 4 nitrogen and oxygen atoms in total. The van der Waals surface area contributed by atoms with E-state index in [0.29, 0.717) is 5.56 Å². The Morgan fingerprint density at radius 1 is 1.40 bits per heavy atom. The molecule has 0 fully saturated rings. The van der Waals surface area contributed by atoms with E-state index in [4.69, 9.17) is 11.6 Å². The summed E-state index contributed by atoms with van der Waals surface area (Å²) in [6, 6.07) is 10.6. The number of benzene rings is 1. The topological polar surface area (TPSA) is 62.2 Å². The molecule has 0 aliphatic rings. The maximum absolute atomic E-state index is 11.9. The number of amides is 1. The van der Waals surface area contributed by atoms with Crippen LogP contribution in [-0.4, -0.2) is 22.5 Å². The molecule has 1 amide bonds. The van der Waals surface area contributed by atoms with Gasteiger partial charge in [0.2, 0.25) is 0 Å². The third-order valence-corrected chi connectivity index (χ3v) is 3.20. The fourth-order valence-electron chi connectivity index (χ4n) is 1.91. The summed E-state index contributed by atoms with van der Waals surface area (Å²) in [6.07, 6.45) is 0.729. The van der Waals surface area contributed by atoms with Gasteiger partial charge in [0.05, 0.1) is 6.10 Å². The fourth-order valence-corrected chi connectivity index (χ4v) is 2.08. The van der Waals surface area contributed by atoms with E-state index in [2.05, 4.69) is 10.3 Å². The summed E-state index contributed by atoms with van der Waals surface area (Å²) in [5.74, 6) is -0.290. The molecule has 1 heterocycles. The summed E-state index contributed by atoms with van der Waals surface area (Å²) in [6.45, 7) is 2.06. The molecule has 2 rings (SSSR count). The zero-order valence-corrected chi connectivity index (χ0v) is 11.8. The van der Waals surface area contributed by atoms with Crippen LogP contribution >= 0.6 is 11.6 Å². The van der Waals surface area contributed by atoms with Crippen molar-refractivity contribution in [2.75, 3.05) is 6.54 Å². The maximum atomic E-state index is 11.9. The minimum atomic E-state index is -0.738. The molecule has 1 aromatic heterocycles. The van der Waals surface area contributed by atoms with Crippen molar-refractivity contribution in [3.63, 3.8) is 0 Å². The lowest BCUT2D eigenvalue weighted by atomic mass is 10.0. The quantitative estimate of drug-likeness (QED) is 0.851. The Labute approximate surface area is 122 Å². The van der Waals surface area contributed by atoms with E-state index in [9.17, 15) is 9.90 Å². The second-order valence-electron chi connectivity index (χ2n) is 4.45. The average Bonchev–Trinajstić information content (AvgIpc) is 2.45. The van der Waals surface area contributed by atoms with Gasteiger partial charge in [0.25, 0.3) is 5.91 Å². The van der Waals surface area contributed by atoms with E-state index in [1.54, 1.807) is 6.07 Å². The van der Waals surface area contributed by atoms with E-state index in [-0.39, 0.29) is 17.6 Å². The van der Waals surface area contributed by atoms with E-state index < -0.39 is 6.10 Å². The van der Waals surface area contributed by atoms with Crippen molar-refractivity contribution >= 4 is 17.5 Å². The van der Waals surface area contributed by atoms with Crippen molar-refractivity contribution in [3.8, 4) is 0 Å². The van der Waals surface area contributed by atoms with Gasteiger partial charge in [-0.05, 0) is 30.2 Å². The number of nitrogens with zero attached hydrogens (tertiary/aromatic N) is 1. The van der Waals surface area contributed by atoms with Crippen LogP contribution in [0.2, 0.25) is 5.15 Å². The lowest BCUT2D eigenvalue weighted by molar-refractivity contribution is 0.0916. The largest absolute Gasteiger partial charge is 0.387 e. The van der Waals surface area contributed by atoms with Crippen LogP contribution in [0.25, 0.3) is 0 Å². The highest BCUT2D eigenvalue weighted by Crippen LogP contribution is 2.16. The molecule has 1 aromatic carbocycles. The molecule has 0 aliphatic heterocycles. The van der Waals surface area contributed by atoms with Crippen molar-refractivity contribution in [2.24, 2.45) is 0 Å². The molecule has 0 saturated carbocycles. The average molecular weight is 291 g/mol. The van der Waals surface area contributed by atoms with Gasteiger partial charge in [-0.2, -0.15) is 0 Å². The Bertz CT molecular complexity index is 616. The van der Waals surface area contributed by atoms with Gasteiger partial charge < -0.3 is 10.4 Å². The Kier molecular flexibility index (Phi) is 4.71. The first-order chi connectivity index (χ1) is 9.58. The molecule has 5 heteroatoms. The molecule has 2 aromatic rings. The normalized spacial score (nSPS) is 11.9. The van der Waals surface area contributed by atoms with Gasteiger partial charge in [0, 0.05) is 18.3 Å². The highest BCUT2D eigenvalue weighted by Gasteiger charge is 2.12. The molecular formula is C15H15ClN2O2. The molecule has 2 N–H and O–H groups in total. The van der Waals surface area contributed by atoms with Crippen LogP contribution in [-0.2, 0) is 0 Å². The third kappa shape index (κ3) is 3.56. The second-order valence-corrected chi connectivity index (χ2v) is 4.84. The predicted molar refractivity (Wildman–Crippen MR) is 77.7 cm³/mol. The van der Waals surface area contributed by atoms with Gasteiger partial charge in [0.15, 0.2) is 0 Å². The highest BCUT2D eigenvalue weighted by atomic mass is 35.5. The number of aromatic nitrogens is 1. The molecule has 1 atom stereocenters. The zero-order chi connectivity index (χ0) is 14.5. The molecule has 1 unspecified atom stereocenters. The lowest BCUT2D eigenvalue weighted by Gasteiger charge is -2.14.